The van der Waals surface area contributed by atoms with Gasteiger partial charge in [0.25, 0.3) is 0 Å². The normalized spacial score (nSPS) is 17.0. The van der Waals surface area contributed by atoms with Crippen molar-refractivity contribution in [2.24, 2.45) is 5.92 Å². The van der Waals surface area contributed by atoms with Gasteiger partial charge in [-0.05, 0) is 36.1 Å². The van der Waals surface area contributed by atoms with E-state index in [4.69, 9.17) is 0 Å². The fraction of sp³-hybridized carbons (Fsp3) is 0.389. The Kier molecular flexibility index (Phi) is 4.58. The van der Waals surface area contributed by atoms with Crippen molar-refractivity contribution >= 4 is 35.2 Å². The smallest absolute Gasteiger partial charge is 0.326 e. The first-order valence-electron chi connectivity index (χ1n) is 8.41. The van der Waals surface area contributed by atoms with Gasteiger partial charge in [0.05, 0.1) is 6.54 Å². The fourth-order valence-corrected chi connectivity index (χ4v) is 3.01. The van der Waals surface area contributed by atoms with Gasteiger partial charge in [-0.15, -0.1) is 0 Å². The summed E-state index contributed by atoms with van der Waals surface area (Å²) in [6, 6.07) is 4.05. The van der Waals surface area contributed by atoms with Crippen LogP contribution < -0.4 is 5.32 Å². The van der Waals surface area contributed by atoms with Gasteiger partial charge in [0.15, 0.2) is 5.78 Å². The maximum atomic E-state index is 12.5. The van der Waals surface area contributed by atoms with Crippen molar-refractivity contribution in [3.63, 3.8) is 0 Å². The first kappa shape index (κ1) is 17.8. The molecule has 0 aromatic heterocycles. The van der Waals surface area contributed by atoms with Gasteiger partial charge in [0, 0.05) is 24.2 Å². The third kappa shape index (κ3) is 3.22. The van der Waals surface area contributed by atoms with Crippen molar-refractivity contribution in [2.45, 2.75) is 26.7 Å². The highest BCUT2D eigenvalue weighted by Gasteiger charge is 2.45. The summed E-state index contributed by atoms with van der Waals surface area (Å²) in [5.41, 5.74) is 1.81. The van der Waals surface area contributed by atoms with E-state index in [9.17, 15) is 24.0 Å². The standard InChI is InChI=1S/C18H19N3O5/c1-10(2)8-20-16(24)17(25)21(18(20)26)9-14(22)12-3-5-13-11(7-12)4-6-15(23)19-13/h3,5,7,10H,4,6,8-9H2,1-2H3,(H,19,23). The summed E-state index contributed by atoms with van der Waals surface area (Å²) in [6.45, 7) is 3.30. The summed E-state index contributed by atoms with van der Waals surface area (Å²) in [5, 5.41) is 2.72. The van der Waals surface area contributed by atoms with E-state index >= 15 is 0 Å². The zero-order valence-corrected chi connectivity index (χ0v) is 14.6. The Bertz CT molecular complexity index is 830. The van der Waals surface area contributed by atoms with Crippen molar-refractivity contribution in [3.05, 3.63) is 29.3 Å². The van der Waals surface area contributed by atoms with Crippen LogP contribution in [0.2, 0.25) is 0 Å². The summed E-state index contributed by atoms with van der Waals surface area (Å²) in [7, 11) is 0. The molecule has 0 aliphatic carbocycles. The number of nitrogens with zero attached hydrogens (tertiary/aromatic N) is 2. The molecular weight excluding hydrogens is 338 g/mol. The van der Waals surface area contributed by atoms with Gasteiger partial charge in [-0.1, -0.05) is 13.8 Å². The van der Waals surface area contributed by atoms with Crippen LogP contribution in [0.25, 0.3) is 0 Å². The topological polar surface area (TPSA) is 104 Å². The predicted molar refractivity (Wildman–Crippen MR) is 91.4 cm³/mol. The first-order chi connectivity index (χ1) is 12.3. The quantitative estimate of drug-likeness (QED) is 0.484. The molecule has 0 atom stereocenters. The highest BCUT2D eigenvalue weighted by Crippen LogP contribution is 2.24. The lowest BCUT2D eigenvalue weighted by atomic mass is 9.98. The van der Waals surface area contributed by atoms with Crippen LogP contribution in [0.15, 0.2) is 18.2 Å². The summed E-state index contributed by atoms with van der Waals surface area (Å²) >= 11 is 0. The van der Waals surface area contributed by atoms with E-state index in [1.54, 1.807) is 12.1 Å². The van der Waals surface area contributed by atoms with Gasteiger partial charge in [-0.25, -0.2) is 9.69 Å². The number of imide groups is 2. The van der Waals surface area contributed by atoms with E-state index < -0.39 is 30.2 Å². The zero-order chi connectivity index (χ0) is 19.0. The molecule has 0 saturated carbocycles. The lowest BCUT2D eigenvalue weighted by Gasteiger charge is -2.18. The van der Waals surface area contributed by atoms with Gasteiger partial charge in [-0.2, -0.15) is 0 Å². The summed E-state index contributed by atoms with van der Waals surface area (Å²) < 4.78 is 0. The molecule has 1 saturated heterocycles. The number of hydrogen-bond acceptors (Lipinski definition) is 5. The molecular formula is C18H19N3O5. The molecule has 8 nitrogen and oxygen atoms in total. The monoisotopic (exact) mass is 357 g/mol. The fourth-order valence-electron chi connectivity index (χ4n) is 3.01. The van der Waals surface area contributed by atoms with Gasteiger partial charge < -0.3 is 5.32 Å². The molecule has 136 valence electrons. The number of urea groups is 1. The number of amides is 5. The average Bonchev–Trinajstić information content (AvgIpc) is 2.79. The molecule has 2 aliphatic rings. The van der Waals surface area contributed by atoms with E-state index in [-0.39, 0.29) is 18.4 Å². The minimum absolute atomic E-state index is 0.0159. The van der Waals surface area contributed by atoms with E-state index in [0.717, 1.165) is 10.5 Å². The maximum Gasteiger partial charge on any atom is 0.334 e. The minimum Gasteiger partial charge on any atom is -0.326 e. The Morgan fingerprint density at radius 3 is 2.46 bits per heavy atom. The Morgan fingerprint density at radius 1 is 1.08 bits per heavy atom. The molecule has 1 fully saturated rings. The number of Topliss-reactive ketones (excluding diaryl/α,β-unsaturated/α-hetero) is 1. The number of ketones is 1. The van der Waals surface area contributed by atoms with Gasteiger partial charge in [-0.3, -0.25) is 24.1 Å². The second kappa shape index (κ2) is 6.70. The van der Waals surface area contributed by atoms with Crippen LogP contribution in [-0.4, -0.2) is 52.4 Å². The first-order valence-corrected chi connectivity index (χ1v) is 8.41. The number of hydrogen-bond donors (Lipinski definition) is 1. The molecule has 0 unspecified atom stereocenters. The number of carbonyl (C=O) groups excluding carboxylic acids is 5. The summed E-state index contributed by atoms with van der Waals surface area (Å²) in [5.74, 6) is -2.37. The van der Waals surface area contributed by atoms with Crippen LogP contribution in [0.3, 0.4) is 0 Å². The van der Waals surface area contributed by atoms with Gasteiger partial charge in [0.2, 0.25) is 5.91 Å². The molecule has 26 heavy (non-hydrogen) atoms. The van der Waals surface area contributed by atoms with Crippen LogP contribution in [-0.2, 0) is 20.8 Å². The lowest BCUT2D eigenvalue weighted by Crippen LogP contribution is -2.38. The Labute approximate surface area is 150 Å². The molecule has 0 spiro atoms. The third-order valence-corrected chi connectivity index (χ3v) is 4.31. The van der Waals surface area contributed by atoms with Crippen molar-refractivity contribution in [3.8, 4) is 0 Å². The molecule has 8 heteroatoms. The number of fused-ring (bicyclic) bond motifs is 1. The molecule has 1 aromatic carbocycles. The number of rotatable bonds is 5. The van der Waals surface area contributed by atoms with Crippen molar-refractivity contribution in [2.75, 3.05) is 18.4 Å². The average molecular weight is 357 g/mol. The molecule has 2 aliphatic heterocycles. The van der Waals surface area contributed by atoms with Crippen LogP contribution in [0, 0.1) is 5.92 Å². The maximum absolute atomic E-state index is 12.5. The number of benzene rings is 1. The SMILES string of the molecule is CC(C)CN1C(=O)C(=O)N(CC(=O)c2ccc3c(c2)CCC(=O)N3)C1=O. The largest absolute Gasteiger partial charge is 0.334 e. The molecule has 0 radical (unpaired) electrons. The van der Waals surface area contributed by atoms with Gasteiger partial charge in [0.1, 0.15) is 0 Å². The molecule has 1 aromatic rings. The predicted octanol–water partition coefficient (Wildman–Crippen LogP) is 1.20. The summed E-state index contributed by atoms with van der Waals surface area (Å²) in [6.07, 6.45) is 0.858. The summed E-state index contributed by atoms with van der Waals surface area (Å²) in [4.78, 5) is 61.8. The number of anilines is 1. The number of nitrogens with one attached hydrogen (secondary N) is 1. The second-order valence-electron chi connectivity index (χ2n) is 6.83. The highest BCUT2D eigenvalue weighted by atomic mass is 16.2. The minimum atomic E-state index is -0.978. The van der Waals surface area contributed by atoms with E-state index in [1.807, 2.05) is 13.8 Å². The number of carbonyl (C=O) groups is 5. The lowest BCUT2D eigenvalue weighted by molar-refractivity contribution is -0.143. The second-order valence-corrected chi connectivity index (χ2v) is 6.83. The molecule has 1 N–H and O–H groups in total. The number of aryl methyl sites for hydroxylation is 1. The highest BCUT2D eigenvalue weighted by molar-refractivity contribution is 6.45. The molecule has 2 heterocycles. The molecule has 0 bridgehead atoms. The van der Waals surface area contributed by atoms with Crippen molar-refractivity contribution < 1.29 is 24.0 Å². The zero-order valence-electron chi connectivity index (χ0n) is 14.6. The van der Waals surface area contributed by atoms with Crippen LogP contribution in [0.4, 0.5) is 10.5 Å². The van der Waals surface area contributed by atoms with Crippen LogP contribution >= 0.6 is 0 Å². The van der Waals surface area contributed by atoms with Gasteiger partial charge >= 0.3 is 17.8 Å². The van der Waals surface area contributed by atoms with Crippen molar-refractivity contribution in [1.82, 2.24) is 9.80 Å². The van der Waals surface area contributed by atoms with E-state index in [1.165, 1.54) is 6.07 Å². The molecule has 3 rings (SSSR count). The molecule has 5 amide bonds. The van der Waals surface area contributed by atoms with Crippen LogP contribution in [0.1, 0.15) is 36.2 Å². The van der Waals surface area contributed by atoms with E-state index in [0.29, 0.717) is 29.0 Å². The Morgan fingerprint density at radius 2 is 1.77 bits per heavy atom. The van der Waals surface area contributed by atoms with Crippen LogP contribution in [0.5, 0.6) is 0 Å². The van der Waals surface area contributed by atoms with Crippen molar-refractivity contribution in [1.29, 1.82) is 0 Å². The Balaban J connectivity index is 1.76. The van der Waals surface area contributed by atoms with E-state index in [2.05, 4.69) is 5.32 Å². The third-order valence-electron chi connectivity index (χ3n) is 4.31. The Hall–Kier alpha value is -3.03.